The second-order valence-corrected chi connectivity index (χ2v) is 2.48. The maximum absolute atomic E-state index is 4.88. The molecule has 5 nitrogen and oxygen atoms in total. The van der Waals surface area contributed by atoms with Gasteiger partial charge in [-0.15, -0.1) is 0 Å². The van der Waals surface area contributed by atoms with Crippen molar-refractivity contribution in [3.05, 3.63) is 30.5 Å². The fourth-order valence-corrected chi connectivity index (χ4v) is 0.969. The van der Waals surface area contributed by atoms with Crippen LogP contribution >= 0.6 is 12.8 Å². The van der Waals surface area contributed by atoms with E-state index in [1.165, 1.54) is 10.8 Å². The molecule has 0 fully saturated rings. The van der Waals surface area contributed by atoms with Crippen molar-refractivity contribution in [1.82, 2.24) is 20.0 Å². The molecule has 1 aliphatic rings. The Morgan fingerprint density at radius 3 is 3.00 bits per heavy atom. The van der Waals surface area contributed by atoms with E-state index in [9.17, 15) is 0 Å². The van der Waals surface area contributed by atoms with Gasteiger partial charge < -0.3 is 4.84 Å². The summed E-state index contributed by atoms with van der Waals surface area (Å²) in [6.45, 7) is 0. The molecule has 2 rings (SSSR count). The Balaban J connectivity index is 2.22. The molecule has 62 valence electrons. The van der Waals surface area contributed by atoms with Gasteiger partial charge in [0.1, 0.15) is 17.7 Å². The molecule has 0 aromatic carbocycles. The summed E-state index contributed by atoms with van der Waals surface area (Å²) in [7, 11) is 0. The molecule has 0 saturated heterocycles. The van der Waals surface area contributed by atoms with Crippen LogP contribution in [0.3, 0.4) is 0 Å². The molecule has 1 aromatic rings. The van der Waals surface area contributed by atoms with Crippen LogP contribution in [0.1, 0.15) is 5.69 Å². The first-order chi connectivity index (χ1) is 5.86. The second kappa shape index (κ2) is 3.00. The van der Waals surface area contributed by atoms with Crippen molar-refractivity contribution in [1.29, 1.82) is 0 Å². The highest BCUT2D eigenvalue weighted by Crippen LogP contribution is 2.14. The van der Waals surface area contributed by atoms with Crippen LogP contribution in [0.15, 0.2) is 24.9 Å². The third-order valence-electron chi connectivity index (χ3n) is 1.33. The molecule has 0 unspecified atom stereocenters. The molecule has 0 saturated carbocycles. The van der Waals surface area contributed by atoms with Crippen LogP contribution in [0.25, 0.3) is 5.70 Å². The summed E-state index contributed by atoms with van der Waals surface area (Å²) in [6.07, 6.45) is 6.36. The van der Waals surface area contributed by atoms with Crippen molar-refractivity contribution in [2.75, 3.05) is 0 Å². The number of nitrogens with zero attached hydrogens (tertiary/aromatic N) is 3. The number of rotatable bonds is 1. The van der Waals surface area contributed by atoms with E-state index in [0.29, 0.717) is 5.69 Å². The van der Waals surface area contributed by atoms with Crippen LogP contribution in [0.4, 0.5) is 0 Å². The summed E-state index contributed by atoms with van der Waals surface area (Å²) in [5.74, 6) is 0. The van der Waals surface area contributed by atoms with E-state index in [1.807, 2.05) is 0 Å². The first-order valence-corrected chi connectivity index (χ1v) is 3.65. The van der Waals surface area contributed by atoms with E-state index in [1.54, 1.807) is 18.6 Å². The summed E-state index contributed by atoms with van der Waals surface area (Å²) in [6, 6.07) is 0. The molecule has 1 aromatic heterocycles. The van der Waals surface area contributed by atoms with Gasteiger partial charge in [-0.2, -0.15) is 0 Å². The number of hydrogen-bond donors (Lipinski definition) is 2. The largest absolute Gasteiger partial charge is 0.381 e. The Hall–Kier alpha value is -1.27. The van der Waals surface area contributed by atoms with E-state index in [0.717, 1.165) is 5.70 Å². The van der Waals surface area contributed by atoms with Crippen LogP contribution in [-0.2, 0) is 4.84 Å². The molecular formula is C6H6N4OS. The predicted molar refractivity (Wildman–Crippen MR) is 45.1 cm³/mol. The highest BCUT2D eigenvalue weighted by Gasteiger charge is 2.13. The first-order valence-electron chi connectivity index (χ1n) is 3.25. The van der Waals surface area contributed by atoms with Gasteiger partial charge in [0.25, 0.3) is 0 Å². The van der Waals surface area contributed by atoms with Crippen LogP contribution in [0, 0.1) is 0 Å². The van der Waals surface area contributed by atoms with Gasteiger partial charge in [-0.25, -0.2) is 0 Å². The molecule has 2 heterocycles. The zero-order chi connectivity index (χ0) is 8.39. The predicted octanol–water partition coefficient (Wildman–Crippen LogP) is 0.372. The van der Waals surface area contributed by atoms with Gasteiger partial charge in [0.15, 0.2) is 0 Å². The summed E-state index contributed by atoms with van der Waals surface area (Å²) in [4.78, 5) is 12.8. The van der Waals surface area contributed by atoms with Crippen molar-refractivity contribution in [2.24, 2.45) is 0 Å². The Bertz CT molecular complexity index is 302. The van der Waals surface area contributed by atoms with Crippen LogP contribution < -0.4 is 5.43 Å². The minimum atomic E-state index is 0.717. The topological polar surface area (TPSA) is 50.3 Å². The zero-order valence-corrected chi connectivity index (χ0v) is 6.90. The molecule has 0 aliphatic carbocycles. The summed E-state index contributed by atoms with van der Waals surface area (Å²) >= 11 is 3.90. The van der Waals surface area contributed by atoms with Crippen LogP contribution in [-0.4, -0.2) is 14.5 Å². The second-order valence-electron chi connectivity index (χ2n) is 2.11. The fraction of sp³-hybridized carbons (Fsp3) is 0. The summed E-state index contributed by atoms with van der Waals surface area (Å²) < 4.78 is 1.18. The van der Waals surface area contributed by atoms with Gasteiger partial charge in [0, 0.05) is 17.0 Å². The third kappa shape index (κ3) is 1.34. The number of aromatic nitrogens is 2. The van der Waals surface area contributed by atoms with Crippen LogP contribution in [0.5, 0.6) is 0 Å². The number of hydrogen-bond acceptors (Lipinski definition) is 6. The lowest BCUT2D eigenvalue weighted by Crippen LogP contribution is -2.20. The average Bonchev–Trinajstić information content (AvgIpc) is 2.54. The normalized spacial score (nSPS) is 16.6. The molecule has 6 heteroatoms. The molecule has 0 atom stereocenters. The van der Waals surface area contributed by atoms with E-state index in [4.69, 9.17) is 4.84 Å². The Morgan fingerprint density at radius 1 is 1.50 bits per heavy atom. The SMILES string of the molecule is SN1NC(c2cnccn2)=CO1. The van der Waals surface area contributed by atoms with Crippen molar-refractivity contribution in [3.63, 3.8) is 0 Å². The maximum Gasteiger partial charge on any atom is 0.142 e. The minimum Gasteiger partial charge on any atom is -0.381 e. The smallest absolute Gasteiger partial charge is 0.142 e. The van der Waals surface area contributed by atoms with Gasteiger partial charge in [-0.1, -0.05) is 0 Å². The number of thiol groups is 1. The summed E-state index contributed by atoms with van der Waals surface area (Å²) in [5.41, 5.74) is 4.26. The zero-order valence-electron chi connectivity index (χ0n) is 6.01. The maximum atomic E-state index is 4.88. The Labute approximate surface area is 74.5 Å². The van der Waals surface area contributed by atoms with Gasteiger partial charge in [-0.3, -0.25) is 15.4 Å². The van der Waals surface area contributed by atoms with E-state index >= 15 is 0 Å². The molecule has 0 amide bonds. The summed E-state index contributed by atoms with van der Waals surface area (Å²) in [5, 5.41) is 0. The lowest BCUT2D eigenvalue weighted by molar-refractivity contribution is -0.00474. The molecule has 1 aliphatic heterocycles. The van der Waals surface area contributed by atoms with Crippen molar-refractivity contribution >= 4 is 18.5 Å². The van der Waals surface area contributed by atoms with Gasteiger partial charge in [0.2, 0.25) is 0 Å². The monoisotopic (exact) mass is 182 g/mol. The number of hydrazine groups is 1. The molecule has 1 N–H and O–H groups in total. The first kappa shape index (κ1) is 7.38. The molecule has 12 heavy (non-hydrogen) atoms. The standard InChI is InChI=1S/C6H6N4OS/c12-10-9-6(4-11-10)5-3-7-1-2-8-5/h1-4,9,12H. The van der Waals surface area contributed by atoms with Crippen molar-refractivity contribution < 1.29 is 4.84 Å². The average molecular weight is 182 g/mol. The highest BCUT2D eigenvalue weighted by molar-refractivity contribution is 7.77. The molecular weight excluding hydrogens is 176 g/mol. The van der Waals surface area contributed by atoms with Gasteiger partial charge in [-0.05, 0) is 12.8 Å². The van der Waals surface area contributed by atoms with Crippen molar-refractivity contribution in [3.8, 4) is 0 Å². The quantitative estimate of drug-likeness (QED) is 0.615. The highest BCUT2D eigenvalue weighted by atomic mass is 32.1. The van der Waals surface area contributed by atoms with Crippen LogP contribution in [0.2, 0.25) is 0 Å². The lowest BCUT2D eigenvalue weighted by Gasteiger charge is -2.05. The lowest BCUT2D eigenvalue weighted by atomic mass is 10.4. The third-order valence-corrected chi connectivity index (χ3v) is 1.52. The Kier molecular flexibility index (Phi) is 1.84. The van der Waals surface area contributed by atoms with E-state index < -0.39 is 0 Å². The Morgan fingerprint density at radius 2 is 2.42 bits per heavy atom. The van der Waals surface area contributed by atoms with E-state index in [2.05, 4.69) is 28.2 Å². The molecule has 0 bridgehead atoms. The molecule has 0 spiro atoms. The molecule has 0 radical (unpaired) electrons. The minimum absolute atomic E-state index is 0.717. The fourth-order valence-electron chi connectivity index (χ4n) is 0.814. The van der Waals surface area contributed by atoms with E-state index in [-0.39, 0.29) is 0 Å². The van der Waals surface area contributed by atoms with Gasteiger partial charge >= 0.3 is 0 Å². The van der Waals surface area contributed by atoms with Crippen molar-refractivity contribution in [2.45, 2.75) is 0 Å². The van der Waals surface area contributed by atoms with Gasteiger partial charge in [0.05, 0.1) is 6.20 Å². The number of nitrogens with one attached hydrogen (secondary N) is 1.